The molecule has 0 aliphatic carbocycles. The molecule has 0 N–H and O–H groups in total. The first-order valence-corrected chi connectivity index (χ1v) is 5.38. The lowest BCUT2D eigenvalue weighted by Crippen LogP contribution is -2.59. The van der Waals surface area contributed by atoms with Crippen LogP contribution in [0.25, 0.3) is 0 Å². The largest absolute Gasteiger partial charge is 0.376 e. The smallest absolute Gasteiger partial charge is 0.0824 e. The minimum absolute atomic E-state index is 0.461. The maximum Gasteiger partial charge on any atom is 0.0824 e. The van der Waals surface area contributed by atoms with E-state index in [4.69, 9.17) is 4.74 Å². The maximum atomic E-state index is 5.74. The molecular weight excluding hydrogens is 164 g/mol. The van der Waals surface area contributed by atoms with Crippen LogP contribution in [0.1, 0.15) is 12.8 Å². The molecule has 4 saturated heterocycles. The number of rotatable bonds is 1. The van der Waals surface area contributed by atoms with E-state index in [1.165, 1.54) is 45.6 Å². The Morgan fingerprint density at radius 1 is 1.15 bits per heavy atom. The molecule has 4 rings (SSSR count). The summed E-state index contributed by atoms with van der Waals surface area (Å²) in [6, 6.07) is 1.56. The van der Waals surface area contributed by atoms with Crippen LogP contribution in [0.4, 0.5) is 0 Å². The molecule has 3 heteroatoms. The molecule has 0 aromatic rings. The lowest BCUT2D eigenvalue weighted by molar-refractivity contribution is 0.00156. The molecule has 4 fully saturated rings. The van der Waals surface area contributed by atoms with E-state index in [-0.39, 0.29) is 0 Å². The summed E-state index contributed by atoms with van der Waals surface area (Å²) in [5.74, 6) is 0. The third-order valence-electron chi connectivity index (χ3n) is 3.47. The predicted octanol–water partition coefficient (Wildman–Crippen LogP) is 0.329. The maximum absolute atomic E-state index is 5.74. The third-order valence-corrected chi connectivity index (χ3v) is 3.47. The highest BCUT2D eigenvalue weighted by molar-refractivity contribution is 5.07. The molecular formula is C10H17N2O. The topological polar surface area (TPSA) is 15.7 Å². The normalized spacial score (nSPS) is 45.7. The van der Waals surface area contributed by atoms with Crippen molar-refractivity contribution in [1.29, 1.82) is 0 Å². The van der Waals surface area contributed by atoms with Gasteiger partial charge in [-0.15, -0.1) is 0 Å². The van der Waals surface area contributed by atoms with E-state index < -0.39 is 0 Å². The van der Waals surface area contributed by atoms with Crippen molar-refractivity contribution >= 4 is 0 Å². The molecule has 4 aliphatic rings. The minimum atomic E-state index is 0.461. The van der Waals surface area contributed by atoms with Crippen LogP contribution in [0.5, 0.6) is 0 Å². The van der Waals surface area contributed by atoms with Gasteiger partial charge in [-0.05, 0) is 12.8 Å². The Balaban J connectivity index is 1.70. The van der Waals surface area contributed by atoms with Gasteiger partial charge in [-0.25, -0.2) is 0 Å². The van der Waals surface area contributed by atoms with E-state index in [9.17, 15) is 0 Å². The second-order valence-electron chi connectivity index (χ2n) is 4.26. The molecule has 1 atom stereocenters. The standard InChI is InChI=1S/C10H17N2O/c1-2-10(13-7-1)9-8-11-3-5-12(9)6-4-11/h10H,1-8H2. The second kappa shape index (κ2) is 3.23. The molecule has 0 amide bonds. The Kier molecular flexibility index (Phi) is 2.04. The molecule has 0 aromatic carbocycles. The SMILES string of the molecule is C1COC([C]2CN3CCN2CC3)C1. The van der Waals surface area contributed by atoms with E-state index in [1.54, 1.807) is 6.04 Å². The number of hydrogen-bond acceptors (Lipinski definition) is 3. The molecule has 1 unspecified atom stereocenters. The number of piperazine rings is 3. The number of fused-ring (bicyclic) bond motifs is 3. The fourth-order valence-electron chi connectivity index (χ4n) is 2.67. The van der Waals surface area contributed by atoms with Crippen molar-refractivity contribution in [3.8, 4) is 0 Å². The van der Waals surface area contributed by atoms with Crippen LogP contribution in [-0.4, -0.2) is 55.2 Å². The van der Waals surface area contributed by atoms with E-state index in [0.29, 0.717) is 6.10 Å². The van der Waals surface area contributed by atoms with Gasteiger partial charge in [0.05, 0.1) is 12.1 Å². The van der Waals surface area contributed by atoms with E-state index in [1.807, 2.05) is 0 Å². The summed E-state index contributed by atoms with van der Waals surface area (Å²) in [4.78, 5) is 5.10. The molecule has 1 radical (unpaired) electrons. The van der Waals surface area contributed by atoms with Gasteiger partial charge in [0, 0.05) is 39.3 Å². The van der Waals surface area contributed by atoms with E-state index in [0.717, 1.165) is 6.61 Å². The van der Waals surface area contributed by atoms with Crippen molar-refractivity contribution in [2.75, 3.05) is 39.3 Å². The fraction of sp³-hybridized carbons (Fsp3) is 0.900. The summed E-state index contributed by atoms with van der Waals surface area (Å²) in [5.41, 5.74) is 0. The monoisotopic (exact) mass is 181 g/mol. The lowest BCUT2D eigenvalue weighted by atomic mass is 10.0. The quantitative estimate of drug-likeness (QED) is 0.580. The summed E-state index contributed by atoms with van der Waals surface area (Å²) in [6.45, 7) is 7.13. The van der Waals surface area contributed by atoms with Crippen molar-refractivity contribution in [2.45, 2.75) is 18.9 Å². The van der Waals surface area contributed by atoms with Gasteiger partial charge in [0.2, 0.25) is 0 Å². The first-order chi connectivity index (χ1) is 6.43. The van der Waals surface area contributed by atoms with Crippen molar-refractivity contribution in [2.24, 2.45) is 0 Å². The van der Waals surface area contributed by atoms with Gasteiger partial charge in [-0.3, -0.25) is 9.80 Å². The summed E-state index contributed by atoms with van der Waals surface area (Å²) >= 11 is 0. The summed E-state index contributed by atoms with van der Waals surface area (Å²) in [6.07, 6.45) is 2.96. The molecule has 4 heterocycles. The van der Waals surface area contributed by atoms with Gasteiger partial charge in [-0.1, -0.05) is 0 Å². The Morgan fingerprint density at radius 3 is 2.54 bits per heavy atom. The van der Waals surface area contributed by atoms with Gasteiger partial charge < -0.3 is 4.74 Å². The van der Waals surface area contributed by atoms with Gasteiger partial charge in [0.1, 0.15) is 0 Å². The van der Waals surface area contributed by atoms with Crippen LogP contribution in [0, 0.1) is 6.04 Å². The van der Waals surface area contributed by atoms with Crippen LogP contribution >= 0.6 is 0 Å². The molecule has 2 bridgehead atoms. The second-order valence-corrected chi connectivity index (χ2v) is 4.26. The Hall–Kier alpha value is -0.120. The number of nitrogens with zero attached hydrogens (tertiary/aromatic N) is 2. The van der Waals surface area contributed by atoms with Gasteiger partial charge in [0.25, 0.3) is 0 Å². The summed E-state index contributed by atoms with van der Waals surface area (Å²) < 4.78 is 5.74. The van der Waals surface area contributed by atoms with Crippen LogP contribution in [0.2, 0.25) is 0 Å². The first kappa shape index (κ1) is 8.21. The van der Waals surface area contributed by atoms with E-state index in [2.05, 4.69) is 9.80 Å². The highest BCUT2D eigenvalue weighted by atomic mass is 16.5. The lowest BCUT2D eigenvalue weighted by Gasteiger charge is -2.48. The first-order valence-electron chi connectivity index (χ1n) is 5.38. The zero-order valence-corrected chi connectivity index (χ0v) is 8.04. The zero-order chi connectivity index (χ0) is 8.67. The Morgan fingerprint density at radius 2 is 2.00 bits per heavy atom. The van der Waals surface area contributed by atoms with Crippen molar-refractivity contribution in [3.63, 3.8) is 0 Å². The van der Waals surface area contributed by atoms with E-state index >= 15 is 0 Å². The zero-order valence-electron chi connectivity index (χ0n) is 8.04. The Labute approximate surface area is 79.6 Å². The van der Waals surface area contributed by atoms with Crippen LogP contribution < -0.4 is 0 Å². The van der Waals surface area contributed by atoms with Crippen LogP contribution in [0.3, 0.4) is 0 Å². The van der Waals surface area contributed by atoms with Crippen molar-refractivity contribution in [3.05, 3.63) is 6.04 Å². The highest BCUT2D eigenvalue weighted by Gasteiger charge is 2.39. The van der Waals surface area contributed by atoms with Crippen LogP contribution in [-0.2, 0) is 4.74 Å². The number of hydrogen-bond donors (Lipinski definition) is 0. The molecule has 13 heavy (non-hydrogen) atoms. The number of ether oxygens (including phenoxy) is 1. The summed E-state index contributed by atoms with van der Waals surface area (Å²) in [5, 5.41) is 0. The van der Waals surface area contributed by atoms with Crippen molar-refractivity contribution in [1.82, 2.24) is 9.80 Å². The third kappa shape index (κ3) is 1.39. The fourth-order valence-corrected chi connectivity index (χ4v) is 2.67. The molecule has 4 aliphatic heterocycles. The molecule has 0 spiro atoms. The van der Waals surface area contributed by atoms with Gasteiger partial charge in [-0.2, -0.15) is 0 Å². The van der Waals surface area contributed by atoms with Gasteiger partial charge >= 0.3 is 0 Å². The molecule has 3 nitrogen and oxygen atoms in total. The molecule has 0 aromatic heterocycles. The van der Waals surface area contributed by atoms with Gasteiger partial charge in [0.15, 0.2) is 0 Å². The van der Waals surface area contributed by atoms with Crippen molar-refractivity contribution < 1.29 is 4.74 Å². The molecule has 0 saturated carbocycles. The average molecular weight is 181 g/mol. The highest BCUT2D eigenvalue weighted by Crippen LogP contribution is 2.30. The predicted molar refractivity (Wildman–Crippen MR) is 50.2 cm³/mol. The minimum Gasteiger partial charge on any atom is -0.376 e. The average Bonchev–Trinajstić information content (AvgIpc) is 2.72. The van der Waals surface area contributed by atoms with Crippen LogP contribution in [0.15, 0.2) is 0 Å². The summed E-state index contributed by atoms with van der Waals surface area (Å²) in [7, 11) is 0. The molecule has 73 valence electrons. The Bertz CT molecular complexity index is 181.